The Kier molecular flexibility index (Phi) is 4.63. The number of urea groups is 1. The van der Waals surface area contributed by atoms with Crippen LogP contribution in [-0.2, 0) is 0 Å². The van der Waals surface area contributed by atoms with Crippen molar-refractivity contribution in [3.05, 3.63) is 29.3 Å². The molecule has 0 spiro atoms. The second-order valence-electron chi connectivity index (χ2n) is 5.61. The fraction of sp³-hybridized carbons (Fsp3) is 0.533. The molecule has 0 bridgehead atoms. The largest absolute Gasteiger partial charge is 0.323 e. The number of halogens is 1. The third-order valence-electron chi connectivity index (χ3n) is 4.21. The van der Waals surface area contributed by atoms with Gasteiger partial charge < -0.3 is 15.5 Å². The van der Waals surface area contributed by atoms with Gasteiger partial charge in [-0.1, -0.05) is 11.6 Å². The number of hydrogen-bond acceptors (Lipinski definition) is 3. The summed E-state index contributed by atoms with van der Waals surface area (Å²) in [5, 5.41) is 6.97. The van der Waals surface area contributed by atoms with Gasteiger partial charge in [0.25, 0.3) is 0 Å². The van der Waals surface area contributed by atoms with Crippen LogP contribution in [0.1, 0.15) is 6.42 Å². The number of carbonyl (C=O) groups excluding carboxylic acids is 1. The van der Waals surface area contributed by atoms with Crippen molar-refractivity contribution in [3.63, 3.8) is 0 Å². The van der Waals surface area contributed by atoms with Gasteiger partial charge in [-0.2, -0.15) is 0 Å². The minimum atomic E-state index is -0.0186. The first-order chi connectivity index (χ1) is 10.2. The summed E-state index contributed by atoms with van der Waals surface area (Å²) in [5.41, 5.74) is 0.787. The van der Waals surface area contributed by atoms with Gasteiger partial charge in [-0.3, -0.25) is 4.90 Å². The zero-order valence-electron chi connectivity index (χ0n) is 12.0. The van der Waals surface area contributed by atoms with E-state index in [1.165, 1.54) is 0 Å². The molecule has 1 atom stereocenters. The molecule has 1 unspecified atom stereocenters. The van der Waals surface area contributed by atoms with Gasteiger partial charge in [0.05, 0.1) is 0 Å². The Balaban J connectivity index is 1.53. The van der Waals surface area contributed by atoms with E-state index in [0.717, 1.165) is 51.4 Å². The van der Waals surface area contributed by atoms with Crippen LogP contribution >= 0.6 is 11.6 Å². The monoisotopic (exact) mass is 308 g/mol. The zero-order chi connectivity index (χ0) is 14.7. The predicted octanol–water partition coefficient (Wildman–Crippen LogP) is 1.85. The Morgan fingerprint density at radius 2 is 1.90 bits per heavy atom. The number of benzene rings is 1. The molecule has 2 N–H and O–H groups in total. The summed E-state index contributed by atoms with van der Waals surface area (Å²) in [7, 11) is 0. The molecule has 3 rings (SSSR count). The molecule has 0 aromatic heterocycles. The summed E-state index contributed by atoms with van der Waals surface area (Å²) in [6, 6.07) is 7.70. The lowest BCUT2D eigenvalue weighted by Crippen LogP contribution is -2.49. The van der Waals surface area contributed by atoms with Crippen LogP contribution in [0.15, 0.2) is 24.3 Å². The van der Waals surface area contributed by atoms with Crippen molar-refractivity contribution in [3.8, 4) is 0 Å². The smallest absolute Gasteiger partial charge is 0.321 e. The van der Waals surface area contributed by atoms with Gasteiger partial charge >= 0.3 is 6.03 Å². The summed E-state index contributed by atoms with van der Waals surface area (Å²) in [6.07, 6.45) is 1.06. The van der Waals surface area contributed by atoms with Crippen LogP contribution < -0.4 is 10.6 Å². The third-order valence-corrected chi connectivity index (χ3v) is 4.47. The molecule has 6 heteroatoms. The molecule has 0 aliphatic carbocycles. The van der Waals surface area contributed by atoms with Crippen LogP contribution in [0, 0.1) is 0 Å². The second-order valence-corrected chi connectivity index (χ2v) is 6.05. The van der Waals surface area contributed by atoms with Gasteiger partial charge in [-0.05, 0) is 30.7 Å². The Morgan fingerprint density at radius 1 is 1.19 bits per heavy atom. The Hall–Kier alpha value is -1.30. The normalized spacial score (nSPS) is 23.3. The highest BCUT2D eigenvalue weighted by molar-refractivity contribution is 6.30. The first-order valence-electron chi connectivity index (χ1n) is 7.48. The van der Waals surface area contributed by atoms with Crippen molar-refractivity contribution >= 4 is 23.3 Å². The van der Waals surface area contributed by atoms with Gasteiger partial charge in [0.15, 0.2) is 0 Å². The van der Waals surface area contributed by atoms with Crippen molar-refractivity contribution in [2.75, 3.05) is 44.6 Å². The van der Waals surface area contributed by atoms with Crippen LogP contribution in [0.5, 0.6) is 0 Å². The van der Waals surface area contributed by atoms with E-state index in [-0.39, 0.29) is 6.03 Å². The number of anilines is 1. The predicted molar refractivity (Wildman–Crippen MR) is 84.9 cm³/mol. The van der Waals surface area contributed by atoms with Crippen LogP contribution in [-0.4, -0.2) is 61.1 Å². The standard InChI is InChI=1S/C15H21ClN4O/c16-12-1-3-13(4-2-12)18-15(21)20-8-5-14(11-20)19-9-6-17-7-10-19/h1-4,14,17H,5-11H2,(H,18,21). The first-order valence-corrected chi connectivity index (χ1v) is 7.86. The van der Waals surface area contributed by atoms with Gasteiger partial charge in [0, 0.05) is 56.0 Å². The summed E-state index contributed by atoms with van der Waals surface area (Å²) < 4.78 is 0. The SMILES string of the molecule is O=C(Nc1ccc(Cl)cc1)N1CCC(N2CCNCC2)C1. The summed E-state index contributed by atoms with van der Waals surface area (Å²) >= 11 is 5.85. The van der Waals surface area contributed by atoms with Crippen molar-refractivity contribution in [1.82, 2.24) is 15.1 Å². The molecule has 21 heavy (non-hydrogen) atoms. The van der Waals surface area contributed by atoms with Crippen LogP contribution in [0.2, 0.25) is 5.02 Å². The van der Waals surface area contributed by atoms with E-state index in [0.29, 0.717) is 11.1 Å². The van der Waals surface area contributed by atoms with Gasteiger partial charge in [-0.25, -0.2) is 4.79 Å². The molecule has 1 aromatic rings. The fourth-order valence-electron chi connectivity index (χ4n) is 3.01. The lowest BCUT2D eigenvalue weighted by atomic mass is 10.2. The van der Waals surface area contributed by atoms with Crippen molar-refractivity contribution in [1.29, 1.82) is 0 Å². The molecule has 2 aliphatic rings. The molecule has 0 saturated carbocycles. The average molecular weight is 309 g/mol. The van der Waals surface area contributed by atoms with Crippen molar-refractivity contribution in [2.45, 2.75) is 12.5 Å². The maximum Gasteiger partial charge on any atom is 0.321 e. The number of piperazine rings is 1. The van der Waals surface area contributed by atoms with Crippen LogP contribution in [0.25, 0.3) is 0 Å². The van der Waals surface area contributed by atoms with E-state index in [4.69, 9.17) is 11.6 Å². The summed E-state index contributed by atoms with van der Waals surface area (Å²) in [5.74, 6) is 0. The first kappa shape index (κ1) is 14.6. The summed E-state index contributed by atoms with van der Waals surface area (Å²) in [4.78, 5) is 16.7. The molecule has 5 nitrogen and oxygen atoms in total. The van der Waals surface area contributed by atoms with Crippen LogP contribution in [0.4, 0.5) is 10.5 Å². The maximum absolute atomic E-state index is 12.3. The Morgan fingerprint density at radius 3 is 2.62 bits per heavy atom. The molecule has 1 aromatic carbocycles. The highest BCUT2D eigenvalue weighted by Crippen LogP contribution is 2.18. The molecule has 2 aliphatic heterocycles. The van der Waals surface area contributed by atoms with E-state index in [1.54, 1.807) is 12.1 Å². The maximum atomic E-state index is 12.3. The average Bonchev–Trinajstić information content (AvgIpc) is 3.00. The van der Waals surface area contributed by atoms with Gasteiger partial charge in [-0.15, -0.1) is 0 Å². The molecule has 114 valence electrons. The molecule has 2 heterocycles. The van der Waals surface area contributed by atoms with Gasteiger partial charge in [0.2, 0.25) is 0 Å². The quantitative estimate of drug-likeness (QED) is 0.876. The number of hydrogen-bond donors (Lipinski definition) is 2. The molecule has 2 amide bonds. The van der Waals surface area contributed by atoms with Crippen molar-refractivity contribution in [2.24, 2.45) is 0 Å². The van der Waals surface area contributed by atoms with E-state index >= 15 is 0 Å². The number of rotatable bonds is 2. The lowest BCUT2D eigenvalue weighted by Gasteiger charge is -2.32. The van der Waals surface area contributed by atoms with E-state index < -0.39 is 0 Å². The lowest BCUT2D eigenvalue weighted by molar-refractivity contribution is 0.172. The Bertz CT molecular complexity index is 487. The molecule has 0 radical (unpaired) electrons. The minimum absolute atomic E-state index is 0.0186. The summed E-state index contributed by atoms with van der Waals surface area (Å²) in [6.45, 7) is 5.91. The second kappa shape index (κ2) is 6.64. The van der Waals surface area contributed by atoms with Gasteiger partial charge in [0.1, 0.15) is 0 Å². The topological polar surface area (TPSA) is 47.6 Å². The van der Waals surface area contributed by atoms with E-state index in [2.05, 4.69) is 15.5 Å². The third kappa shape index (κ3) is 3.67. The molecule has 2 saturated heterocycles. The Labute approximate surface area is 130 Å². The number of amides is 2. The van der Waals surface area contributed by atoms with Crippen LogP contribution in [0.3, 0.4) is 0 Å². The van der Waals surface area contributed by atoms with Crippen molar-refractivity contribution < 1.29 is 4.79 Å². The fourth-order valence-corrected chi connectivity index (χ4v) is 3.13. The minimum Gasteiger partial charge on any atom is -0.323 e. The highest BCUT2D eigenvalue weighted by Gasteiger charge is 2.30. The number of likely N-dealkylation sites (tertiary alicyclic amines) is 1. The van der Waals surface area contributed by atoms with E-state index in [1.807, 2.05) is 17.0 Å². The van der Waals surface area contributed by atoms with E-state index in [9.17, 15) is 4.79 Å². The molecular weight excluding hydrogens is 288 g/mol. The highest BCUT2D eigenvalue weighted by atomic mass is 35.5. The molecule has 2 fully saturated rings. The number of nitrogens with one attached hydrogen (secondary N) is 2. The number of nitrogens with zero attached hydrogens (tertiary/aromatic N) is 2. The molecular formula is C15H21ClN4O. The zero-order valence-corrected chi connectivity index (χ0v) is 12.8. The number of carbonyl (C=O) groups is 1.